The summed E-state index contributed by atoms with van der Waals surface area (Å²) >= 11 is 0. The van der Waals surface area contributed by atoms with E-state index in [4.69, 9.17) is 4.74 Å². The minimum Gasteiger partial charge on any atom is -0.383 e. The van der Waals surface area contributed by atoms with Gasteiger partial charge in [0, 0.05) is 51.5 Å². The maximum absolute atomic E-state index is 13.2. The predicted octanol–water partition coefficient (Wildman–Crippen LogP) is 2.33. The third kappa shape index (κ3) is 5.83. The van der Waals surface area contributed by atoms with Crippen molar-refractivity contribution in [3.63, 3.8) is 0 Å². The molecule has 0 spiro atoms. The molecule has 0 saturated carbocycles. The van der Waals surface area contributed by atoms with Crippen molar-refractivity contribution >= 4 is 27.3 Å². The summed E-state index contributed by atoms with van der Waals surface area (Å²) in [6, 6.07) is 8.78. The van der Waals surface area contributed by atoms with Crippen LogP contribution in [0, 0.1) is 15.9 Å². The van der Waals surface area contributed by atoms with Crippen LogP contribution < -0.4 is 5.32 Å². The summed E-state index contributed by atoms with van der Waals surface area (Å²) in [5.74, 6) is -0.946. The zero-order chi connectivity index (χ0) is 24.0. The van der Waals surface area contributed by atoms with Crippen molar-refractivity contribution in [2.75, 3.05) is 51.8 Å². The summed E-state index contributed by atoms with van der Waals surface area (Å²) in [5.41, 5.74) is 0.196. The van der Waals surface area contributed by atoms with Crippen molar-refractivity contribution in [2.45, 2.75) is 11.3 Å². The lowest BCUT2D eigenvalue weighted by atomic mass is 10.1. The Balaban J connectivity index is 1.73. The van der Waals surface area contributed by atoms with Gasteiger partial charge in [0.05, 0.1) is 16.4 Å². The highest BCUT2D eigenvalue weighted by atomic mass is 32.2. The molecule has 1 heterocycles. The van der Waals surface area contributed by atoms with Crippen LogP contribution in [0.5, 0.6) is 0 Å². The smallest absolute Gasteiger partial charge is 0.293 e. The number of ether oxygens (including phenoxy) is 1. The first-order valence-electron chi connectivity index (χ1n) is 10.3. The van der Waals surface area contributed by atoms with Gasteiger partial charge in [-0.1, -0.05) is 0 Å². The van der Waals surface area contributed by atoms with Crippen LogP contribution in [0.25, 0.3) is 0 Å². The van der Waals surface area contributed by atoms with Crippen LogP contribution in [0.1, 0.15) is 16.8 Å². The Hall–Kier alpha value is -3.09. The molecule has 0 atom stereocenters. The summed E-state index contributed by atoms with van der Waals surface area (Å²) in [5, 5.41) is 14.4. The van der Waals surface area contributed by atoms with E-state index in [9.17, 15) is 27.7 Å². The van der Waals surface area contributed by atoms with E-state index < -0.39 is 26.7 Å². The molecule has 1 aliphatic rings. The fourth-order valence-electron chi connectivity index (χ4n) is 3.53. The minimum absolute atomic E-state index is 0.0177. The number of sulfonamides is 1. The zero-order valence-corrected chi connectivity index (χ0v) is 18.9. The second-order valence-corrected chi connectivity index (χ2v) is 9.35. The number of hydrogen-bond donors (Lipinski definition) is 1. The fraction of sp³-hybridized carbons (Fsp3) is 0.381. The van der Waals surface area contributed by atoms with Gasteiger partial charge >= 0.3 is 0 Å². The van der Waals surface area contributed by atoms with Gasteiger partial charge in [-0.05, 0) is 42.8 Å². The van der Waals surface area contributed by atoms with E-state index in [0.717, 1.165) is 12.1 Å². The molecule has 0 aromatic heterocycles. The maximum atomic E-state index is 13.2. The van der Waals surface area contributed by atoms with Gasteiger partial charge in [0.25, 0.3) is 11.6 Å². The molecule has 0 radical (unpaired) electrons. The van der Waals surface area contributed by atoms with E-state index in [1.54, 1.807) is 0 Å². The van der Waals surface area contributed by atoms with E-state index in [2.05, 4.69) is 5.32 Å². The third-order valence-electron chi connectivity index (χ3n) is 5.26. The molecule has 1 fully saturated rings. The van der Waals surface area contributed by atoms with E-state index in [-0.39, 0.29) is 41.5 Å². The van der Waals surface area contributed by atoms with Crippen molar-refractivity contribution < 1.29 is 27.3 Å². The summed E-state index contributed by atoms with van der Waals surface area (Å²) in [7, 11) is -2.31. The van der Waals surface area contributed by atoms with Crippen molar-refractivity contribution in [1.82, 2.24) is 9.21 Å². The molecular weight excluding hydrogens is 455 g/mol. The molecule has 1 saturated heterocycles. The molecule has 10 nitrogen and oxygen atoms in total. The lowest BCUT2D eigenvalue weighted by Crippen LogP contribution is -2.37. The number of rotatable bonds is 8. The standard InChI is InChI=1S/C21H25FN4O6S/c1-32-14-9-23-19-8-3-16(15-20(19)26(28)29)21(27)24-10-2-11-25(13-12-24)33(30,31)18-6-4-17(22)5-7-18/h3-8,15,23H,2,9-14H2,1H3. The highest BCUT2D eigenvalue weighted by Gasteiger charge is 2.29. The number of amides is 1. The van der Waals surface area contributed by atoms with Gasteiger partial charge in [0.1, 0.15) is 11.5 Å². The Bertz CT molecular complexity index is 1110. The minimum atomic E-state index is -3.83. The van der Waals surface area contributed by atoms with E-state index in [1.165, 1.54) is 46.6 Å². The topological polar surface area (TPSA) is 122 Å². The van der Waals surface area contributed by atoms with Crippen LogP contribution in [-0.2, 0) is 14.8 Å². The Kier molecular flexibility index (Phi) is 7.95. The lowest BCUT2D eigenvalue weighted by molar-refractivity contribution is -0.384. The van der Waals surface area contributed by atoms with Gasteiger partial charge in [-0.15, -0.1) is 0 Å². The first-order valence-corrected chi connectivity index (χ1v) is 11.7. The number of halogens is 1. The highest BCUT2D eigenvalue weighted by molar-refractivity contribution is 7.89. The van der Waals surface area contributed by atoms with Crippen LogP contribution in [0.3, 0.4) is 0 Å². The highest BCUT2D eigenvalue weighted by Crippen LogP contribution is 2.26. The molecule has 3 rings (SSSR count). The molecule has 2 aromatic rings. The van der Waals surface area contributed by atoms with Crippen molar-refractivity contribution in [3.05, 3.63) is 64.0 Å². The second-order valence-electron chi connectivity index (χ2n) is 7.41. The summed E-state index contributed by atoms with van der Waals surface area (Å²) < 4.78 is 45.1. The number of hydrogen-bond acceptors (Lipinski definition) is 7. The predicted molar refractivity (Wildman–Crippen MR) is 119 cm³/mol. The summed E-state index contributed by atoms with van der Waals surface area (Å²) in [4.78, 5) is 25.4. The molecular formula is C21H25FN4O6S. The van der Waals surface area contributed by atoms with E-state index in [1.807, 2.05) is 0 Å². The van der Waals surface area contributed by atoms with Crippen molar-refractivity contribution in [2.24, 2.45) is 0 Å². The van der Waals surface area contributed by atoms with Crippen LogP contribution >= 0.6 is 0 Å². The first-order chi connectivity index (χ1) is 15.7. The molecule has 0 unspecified atom stereocenters. The van der Waals surface area contributed by atoms with Gasteiger partial charge in [-0.2, -0.15) is 4.31 Å². The fourth-order valence-corrected chi connectivity index (χ4v) is 5.00. The quantitative estimate of drug-likeness (QED) is 0.350. The van der Waals surface area contributed by atoms with Crippen LogP contribution in [0.15, 0.2) is 47.4 Å². The molecule has 178 valence electrons. The molecule has 0 aliphatic carbocycles. The summed E-state index contributed by atoms with van der Waals surface area (Å²) in [6.07, 6.45) is 0.394. The Morgan fingerprint density at radius 2 is 1.88 bits per heavy atom. The molecule has 1 aliphatic heterocycles. The number of anilines is 1. The molecule has 1 amide bonds. The molecule has 12 heteroatoms. The van der Waals surface area contributed by atoms with E-state index in [0.29, 0.717) is 26.1 Å². The number of carbonyl (C=O) groups is 1. The van der Waals surface area contributed by atoms with Crippen molar-refractivity contribution in [3.8, 4) is 0 Å². The second kappa shape index (κ2) is 10.7. The number of nitrogens with one attached hydrogen (secondary N) is 1. The first kappa shape index (κ1) is 24.6. The monoisotopic (exact) mass is 480 g/mol. The Morgan fingerprint density at radius 3 is 2.55 bits per heavy atom. The average Bonchev–Trinajstić information content (AvgIpc) is 3.06. The number of nitro groups is 1. The lowest BCUT2D eigenvalue weighted by Gasteiger charge is -2.22. The van der Waals surface area contributed by atoms with Crippen molar-refractivity contribution in [1.29, 1.82) is 0 Å². The largest absolute Gasteiger partial charge is 0.383 e. The number of benzene rings is 2. The van der Waals surface area contributed by atoms with Gasteiger partial charge < -0.3 is 15.0 Å². The Morgan fingerprint density at radius 1 is 1.15 bits per heavy atom. The molecule has 33 heavy (non-hydrogen) atoms. The number of nitro benzene ring substituents is 1. The number of methoxy groups -OCH3 is 1. The van der Waals surface area contributed by atoms with Gasteiger partial charge in [-0.3, -0.25) is 14.9 Å². The molecule has 2 aromatic carbocycles. The van der Waals surface area contributed by atoms with Crippen LogP contribution in [-0.4, -0.2) is 74.9 Å². The normalized spacial score (nSPS) is 15.2. The van der Waals surface area contributed by atoms with Crippen LogP contribution in [0.2, 0.25) is 0 Å². The maximum Gasteiger partial charge on any atom is 0.293 e. The van der Waals surface area contributed by atoms with Gasteiger partial charge in [0.15, 0.2) is 0 Å². The SMILES string of the molecule is COCCNc1ccc(C(=O)N2CCCN(S(=O)(=O)c3ccc(F)cc3)CC2)cc1[N+](=O)[O-]. The van der Waals surface area contributed by atoms with E-state index >= 15 is 0 Å². The number of carbonyl (C=O) groups excluding carboxylic acids is 1. The van der Waals surface area contributed by atoms with Crippen LogP contribution in [0.4, 0.5) is 15.8 Å². The van der Waals surface area contributed by atoms with Gasteiger partial charge in [-0.25, -0.2) is 12.8 Å². The zero-order valence-electron chi connectivity index (χ0n) is 18.1. The molecule has 0 bridgehead atoms. The average molecular weight is 481 g/mol. The number of nitrogens with zero attached hydrogens (tertiary/aromatic N) is 3. The summed E-state index contributed by atoms with van der Waals surface area (Å²) in [6.45, 7) is 1.42. The van der Waals surface area contributed by atoms with Gasteiger partial charge in [0.2, 0.25) is 10.0 Å². The third-order valence-corrected chi connectivity index (χ3v) is 7.17. The Labute approximate surface area is 191 Å². The molecule has 1 N–H and O–H groups in total.